The van der Waals surface area contributed by atoms with Crippen molar-refractivity contribution in [3.05, 3.63) is 34.7 Å². The summed E-state index contributed by atoms with van der Waals surface area (Å²) >= 11 is 6.13. The second kappa shape index (κ2) is 6.00. The topological polar surface area (TPSA) is 88.9 Å². The monoisotopic (exact) mass is 333 g/mol. The fourth-order valence-electron chi connectivity index (χ4n) is 2.47. The molecule has 120 valence electrons. The molecule has 0 spiro atoms. The van der Waals surface area contributed by atoms with Crippen molar-refractivity contribution in [2.45, 2.75) is 32.7 Å². The van der Waals surface area contributed by atoms with Crippen LogP contribution in [0.15, 0.2) is 18.3 Å². The highest BCUT2D eigenvalue weighted by Crippen LogP contribution is 2.22. The smallest absolute Gasteiger partial charge is 0.247 e. The maximum Gasteiger partial charge on any atom is 0.247 e. The molecule has 2 amide bonds. The molecule has 7 nitrogen and oxygen atoms in total. The Morgan fingerprint density at radius 3 is 2.74 bits per heavy atom. The van der Waals surface area contributed by atoms with E-state index in [-0.39, 0.29) is 11.8 Å². The molecule has 0 aliphatic carbocycles. The number of hydrogen-bond acceptors (Lipinski definition) is 4. The van der Waals surface area contributed by atoms with Crippen molar-refractivity contribution in [3.63, 3.8) is 0 Å². The van der Waals surface area contributed by atoms with E-state index >= 15 is 0 Å². The van der Waals surface area contributed by atoms with E-state index in [1.165, 1.54) is 0 Å². The zero-order chi connectivity index (χ0) is 16.6. The summed E-state index contributed by atoms with van der Waals surface area (Å²) in [5, 5.41) is 10.3. The average Bonchev–Trinajstić information content (AvgIpc) is 3.08. The third-order valence-corrected chi connectivity index (χ3v) is 4.29. The van der Waals surface area contributed by atoms with E-state index in [9.17, 15) is 9.59 Å². The van der Waals surface area contributed by atoms with E-state index in [4.69, 9.17) is 11.6 Å². The minimum absolute atomic E-state index is 0.0972. The Morgan fingerprint density at radius 2 is 2.22 bits per heavy atom. The summed E-state index contributed by atoms with van der Waals surface area (Å²) < 4.78 is 1.65. The molecule has 3 rings (SSSR count). The van der Waals surface area contributed by atoms with Crippen molar-refractivity contribution in [2.24, 2.45) is 0 Å². The van der Waals surface area contributed by atoms with E-state index in [0.717, 1.165) is 11.4 Å². The minimum Gasteiger partial charge on any atom is -0.344 e. The molecule has 0 aromatic carbocycles. The van der Waals surface area contributed by atoms with Gasteiger partial charge in [0.05, 0.1) is 28.3 Å². The van der Waals surface area contributed by atoms with Crippen molar-refractivity contribution < 1.29 is 9.59 Å². The molecule has 1 saturated heterocycles. The Kier molecular flexibility index (Phi) is 4.04. The van der Waals surface area contributed by atoms with Crippen molar-refractivity contribution >= 4 is 29.1 Å². The Morgan fingerprint density at radius 1 is 1.43 bits per heavy atom. The standard InChI is InChI=1S/C15H16ClN5O2/c1-8-14(16)9(2)21(20-8)12-5-3-10(7-17-12)18-15(23)11-4-6-13(22)19-11/h3,5,7,11H,4,6H2,1-2H3,(H,18,23)(H,19,22)/t11-/m1/s1. The first kappa shape index (κ1) is 15.5. The molecule has 2 N–H and O–H groups in total. The Balaban J connectivity index is 1.73. The van der Waals surface area contributed by atoms with Gasteiger partial charge >= 0.3 is 0 Å². The first-order valence-corrected chi connectivity index (χ1v) is 7.62. The number of pyridine rings is 1. The maximum atomic E-state index is 12.0. The molecule has 0 unspecified atom stereocenters. The van der Waals surface area contributed by atoms with Gasteiger partial charge < -0.3 is 10.6 Å². The van der Waals surface area contributed by atoms with Crippen LogP contribution in [0, 0.1) is 13.8 Å². The van der Waals surface area contributed by atoms with Crippen LogP contribution in [0.3, 0.4) is 0 Å². The van der Waals surface area contributed by atoms with Crippen LogP contribution in [0.5, 0.6) is 0 Å². The highest BCUT2D eigenvalue weighted by Gasteiger charge is 2.27. The number of nitrogens with one attached hydrogen (secondary N) is 2. The van der Waals surface area contributed by atoms with Gasteiger partial charge in [-0.15, -0.1) is 0 Å². The van der Waals surface area contributed by atoms with Crippen LogP contribution in [-0.2, 0) is 9.59 Å². The Hall–Kier alpha value is -2.41. The van der Waals surface area contributed by atoms with Crippen LogP contribution in [0.25, 0.3) is 5.82 Å². The number of rotatable bonds is 3. The third kappa shape index (κ3) is 3.05. The van der Waals surface area contributed by atoms with Crippen LogP contribution in [0.1, 0.15) is 24.2 Å². The number of halogens is 1. The quantitative estimate of drug-likeness (QED) is 0.895. The van der Waals surface area contributed by atoms with E-state index in [1.54, 1.807) is 23.0 Å². The zero-order valence-electron chi connectivity index (χ0n) is 12.8. The maximum absolute atomic E-state index is 12.0. The van der Waals surface area contributed by atoms with Crippen LogP contribution in [0.4, 0.5) is 5.69 Å². The van der Waals surface area contributed by atoms with E-state index in [2.05, 4.69) is 20.7 Å². The van der Waals surface area contributed by atoms with Gasteiger partial charge in [-0.3, -0.25) is 9.59 Å². The molecule has 1 aliphatic heterocycles. The molecule has 23 heavy (non-hydrogen) atoms. The molecular formula is C15H16ClN5O2. The minimum atomic E-state index is -0.475. The number of hydrogen-bond donors (Lipinski definition) is 2. The number of aromatic nitrogens is 3. The number of nitrogens with zero attached hydrogens (tertiary/aromatic N) is 3. The van der Waals surface area contributed by atoms with Crippen molar-refractivity contribution in [1.29, 1.82) is 0 Å². The van der Waals surface area contributed by atoms with Crippen LogP contribution < -0.4 is 10.6 Å². The fraction of sp³-hybridized carbons (Fsp3) is 0.333. The lowest BCUT2D eigenvalue weighted by molar-refractivity contribution is -0.122. The van der Waals surface area contributed by atoms with Gasteiger partial charge in [0.25, 0.3) is 0 Å². The van der Waals surface area contributed by atoms with Gasteiger partial charge in [-0.25, -0.2) is 9.67 Å². The summed E-state index contributed by atoms with van der Waals surface area (Å²) in [4.78, 5) is 27.5. The molecule has 8 heteroatoms. The molecule has 1 fully saturated rings. The van der Waals surface area contributed by atoms with E-state index in [0.29, 0.717) is 29.4 Å². The van der Waals surface area contributed by atoms with Gasteiger partial charge in [0, 0.05) is 6.42 Å². The lowest BCUT2D eigenvalue weighted by Crippen LogP contribution is -2.37. The van der Waals surface area contributed by atoms with Gasteiger partial charge in [0.2, 0.25) is 11.8 Å². The second-order valence-electron chi connectivity index (χ2n) is 5.45. The first-order chi connectivity index (χ1) is 11.0. The summed E-state index contributed by atoms with van der Waals surface area (Å²) in [5.74, 6) is 0.282. The summed E-state index contributed by atoms with van der Waals surface area (Å²) in [5.41, 5.74) is 2.11. The summed E-state index contributed by atoms with van der Waals surface area (Å²) in [6.45, 7) is 3.69. The fourth-order valence-corrected chi connectivity index (χ4v) is 2.59. The second-order valence-corrected chi connectivity index (χ2v) is 5.83. The molecule has 2 aromatic heterocycles. The predicted octanol–water partition coefficient (Wildman–Crippen LogP) is 1.75. The lowest BCUT2D eigenvalue weighted by Gasteiger charge is -2.11. The lowest BCUT2D eigenvalue weighted by atomic mass is 10.2. The average molecular weight is 334 g/mol. The third-order valence-electron chi connectivity index (χ3n) is 3.75. The molecule has 0 bridgehead atoms. The Labute approximate surface area is 138 Å². The number of anilines is 1. The van der Waals surface area contributed by atoms with Crippen molar-refractivity contribution in [2.75, 3.05) is 5.32 Å². The van der Waals surface area contributed by atoms with Gasteiger partial charge in [-0.2, -0.15) is 5.10 Å². The molecule has 0 radical (unpaired) electrons. The molecule has 2 aromatic rings. The van der Waals surface area contributed by atoms with Gasteiger partial charge in [0.15, 0.2) is 5.82 Å². The highest BCUT2D eigenvalue weighted by molar-refractivity contribution is 6.31. The first-order valence-electron chi connectivity index (χ1n) is 7.24. The summed E-state index contributed by atoms with van der Waals surface area (Å²) in [6.07, 6.45) is 2.45. The van der Waals surface area contributed by atoms with Gasteiger partial charge in [0.1, 0.15) is 6.04 Å². The highest BCUT2D eigenvalue weighted by atomic mass is 35.5. The molecule has 0 saturated carbocycles. The molecule has 3 heterocycles. The molecule has 1 atom stereocenters. The van der Waals surface area contributed by atoms with Gasteiger partial charge in [-0.05, 0) is 32.4 Å². The van der Waals surface area contributed by atoms with Crippen LogP contribution in [-0.4, -0.2) is 32.6 Å². The summed E-state index contributed by atoms with van der Waals surface area (Å²) in [7, 11) is 0. The van der Waals surface area contributed by atoms with Gasteiger partial charge in [-0.1, -0.05) is 11.6 Å². The Bertz CT molecular complexity index is 769. The van der Waals surface area contributed by atoms with Crippen molar-refractivity contribution in [3.8, 4) is 5.82 Å². The predicted molar refractivity (Wildman–Crippen MR) is 85.6 cm³/mol. The number of carbonyl (C=O) groups is 2. The van der Waals surface area contributed by atoms with Crippen LogP contribution in [0.2, 0.25) is 5.02 Å². The molecule has 1 aliphatic rings. The summed E-state index contributed by atoms with van der Waals surface area (Å²) in [6, 6.07) is 3.01. The number of amides is 2. The van der Waals surface area contributed by atoms with Crippen LogP contribution >= 0.6 is 11.6 Å². The van der Waals surface area contributed by atoms with E-state index in [1.807, 2.05) is 13.8 Å². The normalized spacial score (nSPS) is 17.2. The largest absolute Gasteiger partial charge is 0.344 e. The number of carbonyl (C=O) groups excluding carboxylic acids is 2. The van der Waals surface area contributed by atoms with Crippen molar-refractivity contribution in [1.82, 2.24) is 20.1 Å². The zero-order valence-corrected chi connectivity index (χ0v) is 13.5. The number of aryl methyl sites for hydroxylation is 1. The SMILES string of the molecule is Cc1nn(-c2ccc(NC(=O)[C@H]3CCC(=O)N3)cn2)c(C)c1Cl. The molecular weight excluding hydrogens is 318 g/mol. The van der Waals surface area contributed by atoms with E-state index < -0.39 is 6.04 Å².